The Bertz CT molecular complexity index is 801. The Kier molecular flexibility index (Phi) is 7.75. The molecule has 0 radical (unpaired) electrons. The van der Waals surface area contributed by atoms with Crippen LogP contribution in [-0.2, 0) is 22.7 Å². The van der Waals surface area contributed by atoms with Gasteiger partial charge in [-0.2, -0.15) is 5.10 Å². The number of carboxylic acid groups (broad SMARTS) is 1. The molecule has 28 heavy (non-hydrogen) atoms. The van der Waals surface area contributed by atoms with Crippen molar-refractivity contribution in [1.82, 2.24) is 20.4 Å². The van der Waals surface area contributed by atoms with Gasteiger partial charge in [-0.25, -0.2) is 0 Å². The molecule has 2 atom stereocenters. The van der Waals surface area contributed by atoms with E-state index in [1.54, 1.807) is 0 Å². The molecule has 0 aliphatic rings. The van der Waals surface area contributed by atoms with Crippen LogP contribution in [0.2, 0.25) is 0 Å². The van der Waals surface area contributed by atoms with Crippen LogP contribution in [0.1, 0.15) is 42.8 Å². The average Bonchev–Trinajstić information content (AvgIpc) is 2.93. The molecule has 152 valence electrons. The van der Waals surface area contributed by atoms with E-state index in [9.17, 15) is 14.7 Å². The monoisotopic (exact) mass is 386 g/mol. The summed E-state index contributed by atoms with van der Waals surface area (Å²) in [5.41, 5.74) is 4.04. The van der Waals surface area contributed by atoms with E-state index in [4.69, 9.17) is 0 Å². The van der Waals surface area contributed by atoms with Crippen molar-refractivity contribution >= 4 is 11.9 Å². The molecule has 0 fully saturated rings. The molecular formula is C21H30N4O3. The number of carboxylic acids is 1. The first-order valence-electron chi connectivity index (χ1n) is 9.63. The van der Waals surface area contributed by atoms with Gasteiger partial charge in [0.1, 0.15) is 6.04 Å². The SMILES string of the molecule is CC[C@H](C)[C@H](NCC(=O)NCc1c(C)nn(Cc2ccccc2)c1C)C(=O)O. The first kappa shape index (κ1) is 21.6. The molecule has 0 aliphatic carbocycles. The number of hydrogen-bond acceptors (Lipinski definition) is 4. The van der Waals surface area contributed by atoms with Crippen molar-refractivity contribution in [2.24, 2.45) is 5.92 Å². The number of carbonyl (C=O) groups is 2. The zero-order valence-corrected chi connectivity index (χ0v) is 17.0. The molecule has 0 bridgehead atoms. The van der Waals surface area contributed by atoms with Gasteiger partial charge in [-0.15, -0.1) is 0 Å². The Morgan fingerprint density at radius 2 is 1.89 bits per heavy atom. The number of rotatable bonds is 10. The average molecular weight is 386 g/mol. The van der Waals surface area contributed by atoms with Crippen LogP contribution in [0.5, 0.6) is 0 Å². The lowest BCUT2D eigenvalue weighted by molar-refractivity contribution is -0.140. The van der Waals surface area contributed by atoms with Gasteiger partial charge in [0.2, 0.25) is 5.91 Å². The number of nitrogens with one attached hydrogen (secondary N) is 2. The van der Waals surface area contributed by atoms with Gasteiger partial charge in [0, 0.05) is 17.8 Å². The van der Waals surface area contributed by atoms with E-state index in [0.29, 0.717) is 13.1 Å². The molecule has 0 spiro atoms. The molecule has 1 amide bonds. The molecule has 2 aromatic rings. The molecule has 1 heterocycles. The third-order valence-electron chi connectivity index (χ3n) is 5.13. The molecule has 3 N–H and O–H groups in total. The summed E-state index contributed by atoms with van der Waals surface area (Å²) in [5, 5.41) is 19.6. The number of hydrogen-bond donors (Lipinski definition) is 3. The van der Waals surface area contributed by atoms with Gasteiger partial charge in [-0.1, -0.05) is 50.6 Å². The Morgan fingerprint density at radius 3 is 2.50 bits per heavy atom. The fourth-order valence-electron chi connectivity index (χ4n) is 3.12. The number of benzene rings is 1. The lowest BCUT2D eigenvalue weighted by Gasteiger charge is -2.19. The highest BCUT2D eigenvalue weighted by Crippen LogP contribution is 2.14. The van der Waals surface area contributed by atoms with Crippen molar-refractivity contribution in [3.8, 4) is 0 Å². The summed E-state index contributed by atoms with van der Waals surface area (Å²) in [6.07, 6.45) is 0.727. The van der Waals surface area contributed by atoms with E-state index >= 15 is 0 Å². The van der Waals surface area contributed by atoms with E-state index in [0.717, 1.165) is 28.9 Å². The van der Waals surface area contributed by atoms with Gasteiger partial charge >= 0.3 is 5.97 Å². The second kappa shape index (κ2) is 10.0. The second-order valence-corrected chi connectivity index (χ2v) is 7.15. The minimum atomic E-state index is -0.934. The zero-order chi connectivity index (χ0) is 20.7. The van der Waals surface area contributed by atoms with Crippen LogP contribution in [0.4, 0.5) is 0 Å². The number of nitrogens with zero attached hydrogens (tertiary/aromatic N) is 2. The van der Waals surface area contributed by atoms with Gasteiger partial charge in [0.15, 0.2) is 0 Å². The second-order valence-electron chi connectivity index (χ2n) is 7.15. The molecular weight excluding hydrogens is 356 g/mol. The largest absolute Gasteiger partial charge is 0.480 e. The van der Waals surface area contributed by atoms with Crippen LogP contribution in [0, 0.1) is 19.8 Å². The summed E-state index contributed by atoms with van der Waals surface area (Å²) in [5.74, 6) is -1.22. The van der Waals surface area contributed by atoms with Crippen molar-refractivity contribution in [2.75, 3.05) is 6.54 Å². The predicted molar refractivity (Wildman–Crippen MR) is 108 cm³/mol. The fourth-order valence-corrected chi connectivity index (χ4v) is 3.12. The highest BCUT2D eigenvalue weighted by atomic mass is 16.4. The normalized spacial score (nSPS) is 13.1. The summed E-state index contributed by atoms with van der Waals surface area (Å²) in [4.78, 5) is 23.5. The van der Waals surface area contributed by atoms with Crippen LogP contribution in [-0.4, -0.2) is 39.4 Å². The molecule has 0 aliphatic heterocycles. The molecule has 2 rings (SSSR count). The Hall–Kier alpha value is -2.67. The van der Waals surface area contributed by atoms with Crippen molar-refractivity contribution in [3.63, 3.8) is 0 Å². The van der Waals surface area contributed by atoms with Gasteiger partial charge in [-0.3, -0.25) is 19.6 Å². The summed E-state index contributed by atoms with van der Waals surface area (Å²) in [7, 11) is 0. The molecule has 1 aromatic carbocycles. The topological polar surface area (TPSA) is 96.3 Å². The predicted octanol–water partition coefficient (Wildman–Crippen LogP) is 2.25. The Morgan fingerprint density at radius 1 is 1.21 bits per heavy atom. The maximum absolute atomic E-state index is 12.2. The van der Waals surface area contributed by atoms with Crippen LogP contribution in [0.15, 0.2) is 30.3 Å². The molecule has 7 heteroatoms. The van der Waals surface area contributed by atoms with Crippen molar-refractivity contribution < 1.29 is 14.7 Å². The van der Waals surface area contributed by atoms with Gasteiger partial charge in [0.25, 0.3) is 0 Å². The summed E-state index contributed by atoms with van der Waals surface area (Å²) >= 11 is 0. The van der Waals surface area contributed by atoms with Crippen molar-refractivity contribution in [2.45, 2.75) is 53.2 Å². The standard InChI is InChI=1S/C21H30N4O3/c1-5-14(2)20(21(27)28)23-12-19(26)22-11-18-15(3)24-25(16(18)4)13-17-9-7-6-8-10-17/h6-10,14,20,23H,5,11-13H2,1-4H3,(H,22,26)(H,27,28)/t14-,20-/m0/s1. The third kappa shape index (κ3) is 5.66. The third-order valence-corrected chi connectivity index (χ3v) is 5.13. The fraction of sp³-hybridized carbons (Fsp3) is 0.476. The Balaban J connectivity index is 1.93. The van der Waals surface area contributed by atoms with Gasteiger partial charge in [-0.05, 0) is 25.3 Å². The van der Waals surface area contributed by atoms with Gasteiger partial charge in [0.05, 0.1) is 18.8 Å². The number of aromatic nitrogens is 2. The number of carbonyl (C=O) groups excluding carboxylic acids is 1. The Labute approximate surface area is 166 Å². The summed E-state index contributed by atoms with van der Waals surface area (Å²) < 4.78 is 1.94. The lowest BCUT2D eigenvalue weighted by atomic mass is 9.99. The first-order valence-corrected chi connectivity index (χ1v) is 9.63. The van der Waals surface area contributed by atoms with Crippen LogP contribution >= 0.6 is 0 Å². The minimum absolute atomic E-state index is 0.0302. The maximum atomic E-state index is 12.2. The molecule has 0 unspecified atom stereocenters. The number of amides is 1. The van der Waals surface area contributed by atoms with Crippen LogP contribution < -0.4 is 10.6 Å². The van der Waals surface area contributed by atoms with E-state index < -0.39 is 12.0 Å². The van der Waals surface area contributed by atoms with Crippen molar-refractivity contribution in [3.05, 3.63) is 52.8 Å². The van der Waals surface area contributed by atoms with E-state index in [1.165, 1.54) is 0 Å². The van der Waals surface area contributed by atoms with E-state index in [2.05, 4.69) is 27.9 Å². The minimum Gasteiger partial charge on any atom is -0.480 e. The van der Waals surface area contributed by atoms with Crippen LogP contribution in [0.3, 0.4) is 0 Å². The van der Waals surface area contributed by atoms with Crippen molar-refractivity contribution in [1.29, 1.82) is 0 Å². The van der Waals surface area contributed by atoms with Crippen LogP contribution in [0.25, 0.3) is 0 Å². The smallest absolute Gasteiger partial charge is 0.320 e. The molecule has 0 saturated carbocycles. The quantitative estimate of drug-likeness (QED) is 0.582. The summed E-state index contributed by atoms with van der Waals surface area (Å²) in [6, 6.07) is 9.36. The maximum Gasteiger partial charge on any atom is 0.320 e. The molecule has 0 saturated heterocycles. The number of aliphatic carboxylic acids is 1. The highest BCUT2D eigenvalue weighted by molar-refractivity contribution is 5.80. The van der Waals surface area contributed by atoms with E-state index in [-0.39, 0.29) is 18.4 Å². The lowest BCUT2D eigenvalue weighted by Crippen LogP contribution is -2.46. The molecule has 7 nitrogen and oxygen atoms in total. The van der Waals surface area contributed by atoms with Gasteiger partial charge < -0.3 is 10.4 Å². The highest BCUT2D eigenvalue weighted by Gasteiger charge is 2.23. The van der Waals surface area contributed by atoms with E-state index in [1.807, 2.05) is 50.6 Å². The number of aryl methyl sites for hydroxylation is 1. The zero-order valence-electron chi connectivity index (χ0n) is 17.0. The molecule has 1 aromatic heterocycles. The summed E-state index contributed by atoms with van der Waals surface area (Å²) in [6.45, 7) is 8.73. The first-order chi connectivity index (χ1) is 13.3.